The van der Waals surface area contributed by atoms with Gasteiger partial charge in [-0.1, -0.05) is 17.8 Å². The van der Waals surface area contributed by atoms with Crippen LogP contribution in [0, 0.1) is 6.92 Å². The Morgan fingerprint density at radius 3 is 3.08 bits per heavy atom. The first kappa shape index (κ1) is 15.1. The summed E-state index contributed by atoms with van der Waals surface area (Å²) >= 11 is 1.47. The van der Waals surface area contributed by atoms with Crippen LogP contribution in [0.15, 0.2) is 23.4 Å². The van der Waals surface area contributed by atoms with Crippen molar-refractivity contribution in [3.63, 3.8) is 0 Å². The number of hydrogen-bond donors (Lipinski definition) is 1. The first-order valence-corrected chi connectivity index (χ1v) is 8.46. The molecule has 0 saturated carbocycles. The van der Waals surface area contributed by atoms with Crippen LogP contribution >= 0.6 is 11.8 Å². The van der Waals surface area contributed by atoms with E-state index in [1.165, 1.54) is 11.8 Å². The lowest BCUT2D eigenvalue weighted by atomic mass is 10.0. The fourth-order valence-electron chi connectivity index (χ4n) is 2.72. The number of fused-ring (bicyclic) bond motifs is 2. The van der Waals surface area contributed by atoms with Crippen LogP contribution in [-0.2, 0) is 9.53 Å². The summed E-state index contributed by atoms with van der Waals surface area (Å²) in [5, 5.41) is 8.70. The van der Waals surface area contributed by atoms with Gasteiger partial charge >= 0.3 is 5.97 Å². The molecule has 0 amide bonds. The Morgan fingerprint density at radius 2 is 2.25 bits per heavy atom. The molecule has 8 nitrogen and oxygen atoms in total. The minimum absolute atomic E-state index is 0.212. The molecule has 126 valence electrons. The Bertz CT molecular complexity index is 794. The van der Waals surface area contributed by atoms with Gasteiger partial charge in [-0.05, 0) is 31.5 Å². The van der Waals surface area contributed by atoms with E-state index in [-0.39, 0.29) is 18.0 Å². The van der Waals surface area contributed by atoms with E-state index in [2.05, 4.69) is 15.6 Å². The lowest BCUT2D eigenvalue weighted by Crippen LogP contribution is -2.43. The summed E-state index contributed by atoms with van der Waals surface area (Å²) in [7, 11) is 0. The Balaban J connectivity index is 1.71. The number of esters is 1. The molecule has 4 rings (SSSR count). The predicted octanol–water partition coefficient (Wildman–Crippen LogP) is 1.64. The van der Waals surface area contributed by atoms with E-state index in [0.717, 1.165) is 5.56 Å². The molecule has 0 radical (unpaired) electrons. The SMILES string of the molecule is CCOC(=O)[C@@H]1Nn2c(C)nnc2S[C@H]1c1ccc2c(c1)OCO2. The maximum absolute atomic E-state index is 12.5. The summed E-state index contributed by atoms with van der Waals surface area (Å²) in [6.45, 7) is 4.15. The van der Waals surface area contributed by atoms with Gasteiger partial charge in [0, 0.05) is 0 Å². The van der Waals surface area contributed by atoms with Gasteiger partial charge in [0.05, 0.1) is 11.9 Å². The highest BCUT2D eigenvalue weighted by Crippen LogP contribution is 2.44. The van der Waals surface area contributed by atoms with E-state index in [9.17, 15) is 4.79 Å². The summed E-state index contributed by atoms with van der Waals surface area (Å²) < 4.78 is 17.7. The average Bonchev–Trinajstić information content (AvgIpc) is 3.20. The number of nitrogens with one attached hydrogen (secondary N) is 1. The topological polar surface area (TPSA) is 87.5 Å². The number of hydrogen-bond acceptors (Lipinski definition) is 8. The molecule has 0 bridgehead atoms. The van der Waals surface area contributed by atoms with Gasteiger partial charge in [0.15, 0.2) is 17.5 Å². The molecular formula is C15H16N4O4S. The molecule has 9 heteroatoms. The van der Waals surface area contributed by atoms with Gasteiger partial charge in [0.1, 0.15) is 5.82 Å². The van der Waals surface area contributed by atoms with Gasteiger partial charge in [0.2, 0.25) is 11.9 Å². The van der Waals surface area contributed by atoms with Crippen LogP contribution < -0.4 is 14.9 Å². The average molecular weight is 348 g/mol. The number of nitrogens with zero attached hydrogens (tertiary/aromatic N) is 3. The molecule has 2 atom stereocenters. The quantitative estimate of drug-likeness (QED) is 0.838. The van der Waals surface area contributed by atoms with Crippen molar-refractivity contribution in [2.45, 2.75) is 30.3 Å². The van der Waals surface area contributed by atoms with Crippen molar-refractivity contribution in [2.75, 3.05) is 18.8 Å². The first-order valence-electron chi connectivity index (χ1n) is 7.58. The molecule has 0 unspecified atom stereocenters. The van der Waals surface area contributed by atoms with E-state index in [1.807, 2.05) is 25.1 Å². The molecule has 1 aromatic carbocycles. The minimum Gasteiger partial charge on any atom is -0.464 e. The molecule has 2 aliphatic rings. The largest absolute Gasteiger partial charge is 0.464 e. The predicted molar refractivity (Wildman–Crippen MR) is 85.7 cm³/mol. The highest BCUT2D eigenvalue weighted by atomic mass is 32.2. The summed E-state index contributed by atoms with van der Waals surface area (Å²) in [5.74, 6) is 1.76. The molecule has 24 heavy (non-hydrogen) atoms. The van der Waals surface area contributed by atoms with Gasteiger partial charge < -0.3 is 19.6 Å². The zero-order valence-corrected chi connectivity index (χ0v) is 14.0. The zero-order chi connectivity index (χ0) is 16.7. The second-order valence-electron chi connectivity index (χ2n) is 5.38. The van der Waals surface area contributed by atoms with Crippen molar-refractivity contribution in [2.24, 2.45) is 0 Å². The number of aromatic nitrogens is 3. The molecule has 1 aromatic heterocycles. The summed E-state index contributed by atoms with van der Waals surface area (Å²) in [6.07, 6.45) is 0. The number of carbonyl (C=O) groups excluding carboxylic acids is 1. The smallest absolute Gasteiger partial charge is 0.331 e. The minimum atomic E-state index is -0.558. The van der Waals surface area contributed by atoms with Crippen LogP contribution in [0.1, 0.15) is 23.6 Å². The number of ether oxygens (including phenoxy) is 3. The van der Waals surface area contributed by atoms with Crippen molar-refractivity contribution in [3.05, 3.63) is 29.6 Å². The maximum atomic E-state index is 12.5. The van der Waals surface area contributed by atoms with Crippen molar-refractivity contribution in [1.82, 2.24) is 14.9 Å². The standard InChI is InChI=1S/C15H16N4O4S/c1-3-21-14(20)12-13(24-15-17-16-8(2)19(15)18-12)9-4-5-10-11(6-9)23-7-22-10/h4-6,12-13,18H,3,7H2,1-2H3/t12-,13+/m1/s1. The normalized spacial score (nSPS) is 21.1. The van der Waals surface area contributed by atoms with Gasteiger partial charge in [-0.25, -0.2) is 9.47 Å². The fraction of sp³-hybridized carbons (Fsp3) is 0.400. The van der Waals surface area contributed by atoms with Gasteiger partial charge in [-0.2, -0.15) is 0 Å². The Labute approximate surface area is 142 Å². The van der Waals surface area contributed by atoms with E-state index in [1.54, 1.807) is 11.6 Å². The van der Waals surface area contributed by atoms with Gasteiger partial charge in [-0.15, -0.1) is 10.2 Å². The third-order valence-corrected chi connectivity index (χ3v) is 5.14. The monoisotopic (exact) mass is 348 g/mol. The van der Waals surface area contributed by atoms with Crippen LogP contribution in [-0.4, -0.2) is 40.3 Å². The fourth-order valence-corrected chi connectivity index (χ4v) is 3.91. The zero-order valence-electron chi connectivity index (χ0n) is 13.2. The third-order valence-electron chi connectivity index (χ3n) is 3.86. The molecule has 1 N–H and O–H groups in total. The molecule has 3 heterocycles. The lowest BCUT2D eigenvalue weighted by Gasteiger charge is -2.31. The van der Waals surface area contributed by atoms with Crippen LogP contribution in [0.25, 0.3) is 0 Å². The second-order valence-corrected chi connectivity index (χ2v) is 6.48. The number of benzene rings is 1. The van der Waals surface area contributed by atoms with Crippen LogP contribution in [0.5, 0.6) is 11.5 Å². The van der Waals surface area contributed by atoms with Crippen molar-refractivity contribution in [3.8, 4) is 11.5 Å². The van der Waals surface area contributed by atoms with Gasteiger partial charge in [0.25, 0.3) is 0 Å². The summed E-state index contributed by atoms with van der Waals surface area (Å²) in [5.41, 5.74) is 4.10. The van der Waals surface area contributed by atoms with E-state index >= 15 is 0 Å². The molecular weight excluding hydrogens is 332 g/mol. The van der Waals surface area contributed by atoms with Crippen LogP contribution in [0.3, 0.4) is 0 Å². The Kier molecular flexibility index (Phi) is 3.72. The Morgan fingerprint density at radius 1 is 1.42 bits per heavy atom. The number of rotatable bonds is 3. The highest BCUT2D eigenvalue weighted by Gasteiger charge is 2.38. The summed E-state index contributed by atoms with van der Waals surface area (Å²) in [4.78, 5) is 12.5. The number of thioether (sulfide) groups is 1. The van der Waals surface area contributed by atoms with E-state index < -0.39 is 6.04 Å². The van der Waals surface area contributed by atoms with Gasteiger partial charge in [-0.3, -0.25) is 0 Å². The van der Waals surface area contributed by atoms with E-state index in [4.69, 9.17) is 14.2 Å². The summed E-state index contributed by atoms with van der Waals surface area (Å²) in [6, 6.07) is 5.12. The maximum Gasteiger partial charge on any atom is 0.331 e. The molecule has 0 spiro atoms. The molecule has 2 aliphatic heterocycles. The number of aryl methyl sites for hydroxylation is 1. The second kappa shape index (κ2) is 5.90. The van der Waals surface area contributed by atoms with Crippen LogP contribution in [0.2, 0.25) is 0 Å². The lowest BCUT2D eigenvalue weighted by molar-refractivity contribution is -0.144. The molecule has 2 aromatic rings. The van der Waals surface area contributed by atoms with Crippen molar-refractivity contribution in [1.29, 1.82) is 0 Å². The molecule has 0 fully saturated rings. The first-order chi connectivity index (χ1) is 11.7. The molecule has 0 aliphatic carbocycles. The van der Waals surface area contributed by atoms with Crippen molar-refractivity contribution < 1.29 is 19.0 Å². The Hall–Kier alpha value is -2.42. The number of carbonyl (C=O) groups is 1. The molecule has 0 saturated heterocycles. The van der Waals surface area contributed by atoms with Crippen LogP contribution in [0.4, 0.5) is 0 Å². The van der Waals surface area contributed by atoms with E-state index in [0.29, 0.717) is 29.1 Å². The highest BCUT2D eigenvalue weighted by molar-refractivity contribution is 7.99. The third kappa shape index (κ3) is 2.44. The van der Waals surface area contributed by atoms with Crippen molar-refractivity contribution >= 4 is 17.7 Å².